The predicted octanol–water partition coefficient (Wildman–Crippen LogP) is 4.75. The molecule has 0 spiro atoms. The maximum absolute atomic E-state index is 2.93. The maximum Gasteiger partial charge on any atom is 0.0350 e. The second-order valence-electron chi connectivity index (χ2n) is 11.3. The van der Waals surface area contributed by atoms with Crippen LogP contribution >= 0.6 is 0 Å². The lowest BCUT2D eigenvalue weighted by Gasteiger charge is -2.64. The summed E-state index contributed by atoms with van der Waals surface area (Å²) in [4.78, 5) is 10.9. The van der Waals surface area contributed by atoms with Gasteiger partial charge < -0.3 is 9.80 Å². The van der Waals surface area contributed by atoms with E-state index >= 15 is 0 Å². The van der Waals surface area contributed by atoms with Gasteiger partial charge in [0.15, 0.2) is 0 Å². The van der Waals surface area contributed by atoms with Crippen molar-refractivity contribution >= 4 is 0 Å². The van der Waals surface area contributed by atoms with Crippen molar-refractivity contribution in [1.29, 1.82) is 0 Å². The van der Waals surface area contributed by atoms with Gasteiger partial charge >= 0.3 is 0 Å². The fourth-order valence-electron chi connectivity index (χ4n) is 7.48. The molecule has 2 unspecified atom stereocenters. The van der Waals surface area contributed by atoms with Crippen LogP contribution in [0.3, 0.4) is 0 Å². The van der Waals surface area contributed by atoms with E-state index in [1.807, 2.05) is 0 Å². The third kappa shape index (κ3) is 5.22. The summed E-state index contributed by atoms with van der Waals surface area (Å²) in [6.45, 7) is 15.4. The molecule has 6 rings (SSSR count). The van der Waals surface area contributed by atoms with Gasteiger partial charge in [-0.3, -0.25) is 9.80 Å². The first-order chi connectivity index (χ1) is 17.1. The number of fused-ring (bicyclic) bond motifs is 3. The van der Waals surface area contributed by atoms with E-state index in [9.17, 15) is 0 Å². The topological polar surface area (TPSA) is 13.0 Å². The molecule has 4 nitrogen and oxygen atoms in total. The SMILES string of the molecule is CCN(CC)CCCN1CC2(N3CCN(C)CC3)CC(c3ccccc3)C1C(c1ccccc1)C2. The minimum atomic E-state index is 0.270. The van der Waals surface area contributed by atoms with Gasteiger partial charge in [-0.2, -0.15) is 0 Å². The van der Waals surface area contributed by atoms with Crippen LogP contribution < -0.4 is 0 Å². The van der Waals surface area contributed by atoms with Gasteiger partial charge in [-0.25, -0.2) is 0 Å². The fourth-order valence-corrected chi connectivity index (χ4v) is 7.48. The van der Waals surface area contributed by atoms with Crippen molar-refractivity contribution in [2.75, 3.05) is 66.0 Å². The van der Waals surface area contributed by atoms with Gasteiger partial charge in [0.2, 0.25) is 0 Å². The highest BCUT2D eigenvalue weighted by Crippen LogP contribution is 2.55. The Hall–Kier alpha value is -1.72. The summed E-state index contributed by atoms with van der Waals surface area (Å²) >= 11 is 0. The van der Waals surface area contributed by atoms with Gasteiger partial charge in [-0.05, 0) is 63.6 Å². The van der Waals surface area contributed by atoms with Gasteiger partial charge in [-0.1, -0.05) is 74.5 Å². The van der Waals surface area contributed by atoms with Crippen molar-refractivity contribution in [1.82, 2.24) is 19.6 Å². The molecule has 2 bridgehead atoms. The molecule has 190 valence electrons. The highest BCUT2D eigenvalue weighted by molar-refractivity contribution is 5.34. The van der Waals surface area contributed by atoms with Crippen LogP contribution in [0, 0.1) is 0 Å². The first kappa shape index (κ1) is 25.0. The van der Waals surface area contributed by atoms with Crippen molar-refractivity contribution in [3.05, 3.63) is 71.8 Å². The van der Waals surface area contributed by atoms with Gasteiger partial charge in [0, 0.05) is 56.1 Å². The van der Waals surface area contributed by atoms with Crippen LogP contribution in [-0.4, -0.2) is 97.1 Å². The zero-order valence-corrected chi connectivity index (χ0v) is 22.3. The molecular weight excluding hydrogens is 428 g/mol. The molecule has 0 N–H and O–H groups in total. The van der Waals surface area contributed by atoms with Crippen LogP contribution in [0.1, 0.15) is 56.1 Å². The molecule has 0 amide bonds. The minimum absolute atomic E-state index is 0.270. The summed E-state index contributed by atoms with van der Waals surface area (Å²) in [6.07, 6.45) is 3.88. The Morgan fingerprint density at radius 3 is 1.86 bits per heavy atom. The number of hydrogen-bond acceptors (Lipinski definition) is 4. The van der Waals surface area contributed by atoms with Gasteiger partial charge in [0.1, 0.15) is 0 Å². The largest absolute Gasteiger partial charge is 0.304 e. The maximum atomic E-state index is 2.93. The lowest BCUT2D eigenvalue weighted by molar-refractivity contribution is -0.0970. The van der Waals surface area contributed by atoms with E-state index in [1.54, 1.807) is 11.1 Å². The third-order valence-electron chi connectivity index (χ3n) is 9.39. The molecule has 1 saturated carbocycles. The van der Waals surface area contributed by atoms with Gasteiger partial charge in [0.25, 0.3) is 0 Å². The van der Waals surface area contributed by atoms with E-state index in [4.69, 9.17) is 0 Å². The van der Waals surface area contributed by atoms with E-state index in [2.05, 4.69) is 101 Å². The molecule has 3 heterocycles. The van der Waals surface area contributed by atoms with Crippen molar-refractivity contribution in [3.8, 4) is 0 Å². The zero-order chi connectivity index (χ0) is 24.3. The Bertz CT molecular complexity index is 855. The molecule has 3 aliphatic heterocycles. The summed E-state index contributed by atoms with van der Waals surface area (Å²) < 4.78 is 0. The molecule has 2 aromatic rings. The van der Waals surface area contributed by atoms with E-state index in [1.165, 1.54) is 65.1 Å². The average Bonchev–Trinajstić information content (AvgIpc) is 2.92. The Kier molecular flexibility index (Phi) is 7.93. The third-order valence-corrected chi connectivity index (χ3v) is 9.39. The first-order valence-corrected chi connectivity index (χ1v) is 14.1. The molecule has 4 heteroatoms. The summed E-state index contributed by atoms with van der Waals surface area (Å²) in [5.74, 6) is 1.19. The van der Waals surface area contributed by atoms with Gasteiger partial charge in [-0.15, -0.1) is 0 Å². The molecular formula is C31H46N4. The molecule has 3 saturated heterocycles. The molecule has 0 aromatic heterocycles. The number of rotatable bonds is 9. The van der Waals surface area contributed by atoms with Crippen LogP contribution in [0.2, 0.25) is 0 Å². The molecule has 4 fully saturated rings. The highest BCUT2D eigenvalue weighted by atomic mass is 15.3. The lowest BCUT2D eigenvalue weighted by atomic mass is 9.59. The van der Waals surface area contributed by atoms with Crippen LogP contribution in [-0.2, 0) is 0 Å². The van der Waals surface area contributed by atoms with Gasteiger partial charge in [0.05, 0.1) is 0 Å². The van der Waals surface area contributed by atoms with Crippen LogP contribution in [0.15, 0.2) is 60.7 Å². The number of benzene rings is 2. The molecule has 4 aliphatic rings. The summed E-state index contributed by atoms with van der Waals surface area (Å²) in [5.41, 5.74) is 3.36. The average molecular weight is 475 g/mol. The van der Waals surface area contributed by atoms with E-state index in [0.29, 0.717) is 17.9 Å². The summed E-state index contributed by atoms with van der Waals surface area (Å²) in [6, 6.07) is 23.6. The number of hydrogen-bond donors (Lipinski definition) is 0. The molecule has 35 heavy (non-hydrogen) atoms. The zero-order valence-electron chi connectivity index (χ0n) is 22.3. The van der Waals surface area contributed by atoms with Crippen LogP contribution in [0.25, 0.3) is 0 Å². The van der Waals surface area contributed by atoms with Crippen molar-refractivity contribution in [2.24, 2.45) is 0 Å². The van der Waals surface area contributed by atoms with E-state index in [0.717, 1.165) is 13.1 Å². The first-order valence-electron chi connectivity index (χ1n) is 14.1. The Morgan fingerprint density at radius 1 is 0.800 bits per heavy atom. The van der Waals surface area contributed by atoms with Crippen LogP contribution in [0.4, 0.5) is 0 Å². The smallest absolute Gasteiger partial charge is 0.0350 e. The minimum Gasteiger partial charge on any atom is -0.304 e. The Labute approximate surface area is 213 Å². The van der Waals surface area contributed by atoms with E-state index in [-0.39, 0.29) is 5.54 Å². The fraction of sp³-hybridized carbons (Fsp3) is 0.613. The number of likely N-dealkylation sites (N-methyl/N-ethyl adjacent to an activating group) is 1. The molecule has 0 radical (unpaired) electrons. The van der Waals surface area contributed by atoms with E-state index < -0.39 is 0 Å². The van der Waals surface area contributed by atoms with Crippen molar-refractivity contribution < 1.29 is 0 Å². The lowest BCUT2D eigenvalue weighted by Crippen LogP contribution is -2.71. The Balaban J connectivity index is 1.50. The molecule has 2 atom stereocenters. The molecule has 1 aliphatic carbocycles. The second-order valence-corrected chi connectivity index (χ2v) is 11.3. The normalized spacial score (nSPS) is 30.2. The van der Waals surface area contributed by atoms with Crippen molar-refractivity contribution in [3.63, 3.8) is 0 Å². The number of nitrogens with zero attached hydrogens (tertiary/aromatic N) is 4. The highest BCUT2D eigenvalue weighted by Gasteiger charge is 2.57. The summed E-state index contributed by atoms with van der Waals surface area (Å²) in [7, 11) is 2.28. The quantitative estimate of drug-likeness (QED) is 0.520. The number of piperazine rings is 1. The molecule has 2 aromatic carbocycles. The van der Waals surface area contributed by atoms with Crippen molar-refractivity contribution in [2.45, 2.75) is 56.5 Å². The standard InChI is InChI=1S/C31H46N4/c1-4-33(5-2)17-12-18-34-25-31(35-21-19-32(3)20-22-35)23-28(26-13-8-6-9-14-26)30(34)29(24-31)27-15-10-7-11-16-27/h6-11,13-16,28-30H,4-5,12,17-25H2,1-3H3. The van der Waals surface area contributed by atoms with Crippen LogP contribution in [0.5, 0.6) is 0 Å². The Morgan fingerprint density at radius 2 is 1.34 bits per heavy atom. The predicted molar refractivity (Wildman–Crippen MR) is 147 cm³/mol. The number of piperidine rings is 2. The monoisotopic (exact) mass is 474 g/mol. The second kappa shape index (κ2) is 11.1. The summed E-state index contributed by atoms with van der Waals surface area (Å²) in [5, 5.41) is 0.